The van der Waals surface area contributed by atoms with Gasteiger partial charge in [0.2, 0.25) is 7.41 Å². The molecule has 23 valence electrons. The monoisotopic (exact) mass is 59.1 g/mol. The molecule has 0 rings (SSSR count). The number of hydrogen-bond donors (Lipinski definition) is 2. The molecule has 0 amide bonds. The van der Waals surface area contributed by atoms with Gasteiger partial charge in [0, 0.05) is 6.51 Å². The van der Waals surface area contributed by atoms with E-state index in [9.17, 15) is 0 Å². The van der Waals surface area contributed by atoms with Gasteiger partial charge in [-0.1, -0.05) is 0 Å². The molecule has 2 nitrogen and oxygen atoms in total. The lowest BCUT2D eigenvalue weighted by atomic mass is 10.0. The summed E-state index contributed by atoms with van der Waals surface area (Å²) in [5.74, 6) is 0. The third-order valence-corrected chi connectivity index (χ3v) is 0.0913. The van der Waals surface area contributed by atoms with Gasteiger partial charge in [0.25, 0.3) is 0 Å². The predicted molar refractivity (Wildman–Crippen MR) is 17.0 cm³/mol. The third-order valence-electron chi connectivity index (χ3n) is 0.0913. The van der Waals surface area contributed by atoms with E-state index in [0.29, 0.717) is 0 Å². The molecular weight excluding hydrogens is 52.8 g/mol. The first-order chi connectivity index (χ1) is 2.41. The van der Waals surface area contributed by atoms with Crippen molar-refractivity contribution in [2.45, 2.75) is 0 Å². The van der Waals surface area contributed by atoms with E-state index in [4.69, 9.17) is 6.52 Å². The molecule has 0 fully saturated rings. The highest BCUT2D eigenvalue weighted by molar-refractivity contribution is 6.30. The van der Waals surface area contributed by atoms with Crippen molar-refractivity contribution in [3.8, 4) is 0 Å². The fourth-order valence-corrected chi connectivity index (χ4v) is 0. The second-order valence-corrected chi connectivity index (χ2v) is 0.387. The summed E-state index contributed by atoms with van der Waals surface area (Å²) in [5, 5.41) is 7.83. The molecule has 0 atom stereocenters. The van der Waals surface area contributed by atoms with Crippen LogP contribution in [0, 0.1) is 0 Å². The number of aliphatic hydroxyl groups excluding tert-OH is 1. The Kier molecular flexibility index (Phi) is 1.67. The van der Waals surface area contributed by atoms with Crippen LogP contribution < -0.4 is 5.64 Å². The van der Waals surface area contributed by atoms with E-state index >= 15 is 0 Å². The van der Waals surface area contributed by atoms with Crippen molar-refractivity contribution in [2.24, 2.45) is 5.64 Å². The number of aliphatic hydroxyl groups is 1. The molecule has 0 aromatic carbocycles. The van der Waals surface area contributed by atoms with E-state index in [2.05, 4.69) is 0 Å². The van der Waals surface area contributed by atoms with Crippen LogP contribution in [0.5, 0.6) is 0 Å². The lowest BCUT2D eigenvalue weighted by molar-refractivity contribution is 0.366. The summed E-state index contributed by atoms with van der Waals surface area (Å²) < 4.78 is 6.14. The third kappa shape index (κ3) is 1.98. The quantitative estimate of drug-likeness (QED) is 0.381. The molecular formula is CH5BNO. The molecule has 3 heteroatoms. The zero-order valence-electron chi connectivity index (χ0n) is 3.23. The second-order valence-electron chi connectivity index (χ2n) is 0.387. The fourth-order valence-electron chi connectivity index (χ4n) is 0. The van der Waals surface area contributed by atoms with E-state index in [1.165, 1.54) is 7.41 Å². The first kappa shape index (κ1) is 2.24. The van der Waals surface area contributed by atoms with Crippen LogP contribution in [0.25, 0.3) is 0 Å². The van der Waals surface area contributed by atoms with E-state index < -0.39 is 0 Å². The zero-order valence-corrected chi connectivity index (χ0v) is 2.23. The Morgan fingerprint density at radius 1 is 2.50 bits per heavy atom. The smallest absolute Gasteiger partial charge is 0.233 e. The SMILES string of the molecule is [2H]N[B]CO. The lowest BCUT2D eigenvalue weighted by Gasteiger charge is -1.66. The van der Waals surface area contributed by atoms with Gasteiger partial charge in [-0.05, 0) is 0 Å². The van der Waals surface area contributed by atoms with Gasteiger partial charge in [-0.3, -0.25) is 0 Å². The molecule has 0 aliphatic carbocycles. The van der Waals surface area contributed by atoms with Crippen LogP contribution in [0.1, 0.15) is 0 Å². The molecule has 3 N–H and O–H groups in total. The molecule has 0 spiro atoms. The van der Waals surface area contributed by atoms with E-state index in [0.717, 1.165) is 0 Å². The summed E-state index contributed by atoms with van der Waals surface area (Å²) in [6.07, 6.45) is 0. The molecule has 0 aromatic rings. The highest BCUT2D eigenvalue weighted by atomic mass is 16.2. The molecule has 0 saturated heterocycles. The van der Waals surface area contributed by atoms with Crippen LogP contribution in [-0.2, 0) is 0 Å². The Labute approximate surface area is 27.3 Å². The first-order valence-corrected chi connectivity index (χ1v) is 1.01. The van der Waals surface area contributed by atoms with Gasteiger partial charge in [0.05, 0.1) is 0 Å². The molecule has 0 bridgehead atoms. The minimum absolute atomic E-state index is 0.0799. The van der Waals surface area contributed by atoms with Gasteiger partial charge >= 0.3 is 0 Å². The van der Waals surface area contributed by atoms with Crippen molar-refractivity contribution in [2.75, 3.05) is 6.51 Å². The maximum atomic E-state index is 7.83. The van der Waals surface area contributed by atoms with Gasteiger partial charge in [0.1, 0.15) is 1.41 Å². The summed E-state index contributed by atoms with van der Waals surface area (Å²) in [6.45, 7) is -0.0799. The van der Waals surface area contributed by atoms with E-state index in [1.807, 2.05) is 5.64 Å². The van der Waals surface area contributed by atoms with Crippen LogP contribution in [0.4, 0.5) is 0 Å². The Hall–Kier alpha value is -0.0151. The summed E-state index contributed by atoms with van der Waals surface area (Å²) in [6, 6.07) is 0. The van der Waals surface area contributed by atoms with Gasteiger partial charge in [-0.2, -0.15) is 0 Å². The van der Waals surface area contributed by atoms with Crippen molar-refractivity contribution < 1.29 is 6.52 Å². The summed E-state index contributed by atoms with van der Waals surface area (Å²) in [7, 11) is 1.22. The molecule has 0 heterocycles. The fraction of sp³-hybridized carbons (Fsp3) is 1.00. The topological polar surface area (TPSA) is 46.2 Å². The van der Waals surface area contributed by atoms with Crippen LogP contribution >= 0.6 is 0 Å². The Morgan fingerprint density at radius 2 is 3.25 bits per heavy atom. The average Bonchev–Trinajstić information content (AvgIpc) is 1.41. The van der Waals surface area contributed by atoms with E-state index in [-0.39, 0.29) is 6.51 Å². The largest absolute Gasteiger partial charge is 0.403 e. The standard InChI is InChI=1S/CH5BNO/c3-2-1-4/h4H,1,3H2/i3D. The molecule has 0 unspecified atom stereocenters. The van der Waals surface area contributed by atoms with Crippen LogP contribution in [-0.4, -0.2) is 19.0 Å². The summed E-state index contributed by atoms with van der Waals surface area (Å²) in [5.41, 5.74) is 1.89. The predicted octanol–water partition coefficient (Wildman–Crippen LogP) is -1.49. The van der Waals surface area contributed by atoms with Gasteiger partial charge in [0.15, 0.2) is 0 Å². The molecule has 4 heavy (non-hydrogen) atoms. The van der Waals surface area contributed by atoms with Crippen molar-refractivity contribution >= 4 is 7.41 Å². The lowest BCUT2D eigenvalue weighted by Crippen LogP contribution is -2.08. The number of rotatable bonds is 2. The van der Waals surface area contributed by atoms with Gasteiger partial charge in [-0.25, -0.2) is 0 Å². The minimum atomic E-state index is -0.0799. The number of nitrogens with two attached hydrogens (primary N) is 1. The van der Waals surface area contributed by atoms with Crippen molar-refractivity contribution in [1.29, 1.82) is 0 Å². The van der Waals surface area contributed by atoms with Crippen molar-refractivity contribution in [1.82, 2.24) is 0 Å². The highest BCUT2D eigenvalue weighted by Gasteiger charge is 1.63. The van der Waals surface area contributed by atoms with E-state index in [1.54, 1.807) is 0 Å². The zero-order chi connectivity index (χ0) is 4.12. The Bertz CT molecular complexity index is 19.1. The van der Waals surface area contributed by atoms with Crippen LogP contribution in [0.3, 0.4) is 0 Å². The molecule has 0 saturated carbocycles. The molecule has 0 aliphatic heterocycles. The molecule has 0 aromatic heterocycles. The van der Waals surface area contributed by atoms with Crippen LogP contribution in [0.2, 0.25) is 1.41 Å². The maximum absolute atomic E-state index is 7.83. The maximum Gasteiger partial charge on any atom is 0.233 e. The highest BCUT2D eigenvalue weighted by Crippen LogP contribution is 1.27. The van der Waals surface area contributed by atoms with Gasteiger partial charge < -0.3 is 10.7 Å². The average molecular weight is 58.9 g/mol. The molecule has 1 radical (unpaired) electrons. The van der Waals surface area contributed by atoms with Gasteiger partial charge in [-0.15, -0.1) is 0 Å². The van der Waals surface area contributed by atoms with Crippen LogP contribution in [0.15, 0.2) is 0 Å². The second kappa shape index (κ2) is 2.98. The summed E-state index contributed by atoms with van der Waals surface area (Å²) in [4.78, 5) is 0. The Balaban J connectivity index is 2.19. The van der Waals surface area contributed by atoms with Crippen molar-refractivity contribution in [3.05, 3.63) is 0 Å². The Morgan fingerprint density at radius 3 is 3.25 bits per heavy atom. The summed E-state index contributed by atoms with van der Waals surface area (Å²) >= 11 is 0. The minimum Gasteiger partial charge on any atom is -0.403 e. The first-order valence-electron chi connectivity index (χ1n) is 1.51. The molecule has 0 aliphatic rings. The number of hydrogen-bond acceptors (Lipinski definition) is 2. The normalized spacial score (nSPS) is 9.75. The van der Waals surface area contributed by atoms with Crippen molar-refractivity contribution in [3.63, 3.8) is 0 Å².